The second-order valence-electron chi connectivity index (χ2n) is 4.27. The number of anilines is 1. The number of rotatable bonds is 3. The average Bonchev–Trinajstić information content (AvgIpc) is 2.94. The number of hydrogen-bond donors (Lipinski definition) is 1. The van der Waals surface area contributed by atoms with Gasteiger partial charge in [-0.3, -0.25) is 0 Å². The maximum Gasteiger partial charge on any atom is 0.411 e. The summed E-state index contributed by atoms with van der Waals surface area (Å²) >= 11 is 5.69. The van der Waals surface area contributed by atoms with Crippen LogP contribution in [0.1, 0.15) is 12.8 Å². The summed E-state index contributed by atoms with van der Waals surface area (Å²) in [6.07, 6.45) is -1.90. The van der Waals surface area contributed by atoms with Crippen molar-refractivity contribution in [2.24, 2.45) is 0 Å². The van der Waals surface area contributed by atoms with Crippen molar-refractivity contribution in [1.29, 1.82) is 0 Å². The van der Waals surface area contributed by atoms with Gasteiger partial charge >= 0.3 is 6.18 Å². The average molecular weight is 306 g/mol. The van der Waals surface area contributed by atoms with Gasteiger partial charge in [0.05, 0.1) is 0 Å². The third-order valence-electron chi connectivity index (χ3n) is 2.86. The van der Waals surface area contributed by atoms with Crippen LogP contribution in [0.2, 0.25) is 5.28 Å². The van der Waals surface area contributed by atoms with Gasteiger partial charge in [0.2, 0.25) is 11.2 Å². The van der Waals surface area contributed by atoms with E-state index >= 15 is 0 Å². The van der Waals surface area contributed by atoms with Gasteiger partial charge in [-0.25, -0.2) is 4.98 Å². The Morgan fingerprint density at radius 3 is 2.55 bits per heavy atom. The molecule has 0 spiro atoms. The molecule has 0 aliphatic heterocycles. The molecule has 0 radical (unpaired) electrons. The van der Waals surface area contributed by atoms with Crippen LogP contribution in [-0.2, 0) is 0 Å². The summed E-state index contributed by atoms with van der Waals surface area (Å²) in [5.41, 5.74) is -1.97. The molecule has 0 amide bonds. The highest BCUT2D eigenvalue weighted by molar-refractivity contribution is 6.28. The van der Waals surface area contributed by atoms with E-state index in [9.17, 15) is 13.2 Å². The highest BCUT2D eigenvalue weighted by Gasteiger charge is 2.64. The standard InChI is InChI=1S/C9H7ClF3N7/c10-5-16-6(19-8(1-2-8)9(11,12)13)18-7(17-5)20-4-14-3-15-20/h3-4H,1-2H2,(H,16,17,18,19). The Bertz CT molecular complexity index is 623. The van der Waals surface area contributed by atoms with Crippen molar-refractivity contribution in [2.45, 2.75) is 24.6 Å². The van der Waals surface area contributed by atoms with E-state index in [2.05, 4.69) is 30.4 Å². The summed E-state index contributed by atoms with van der Waals surface area (Å²) in [7, 11) is 0. The lowest BCUT2D eigenvalue weighted by molar-refractivity contribution is -0.151. The van der Waals surface area contributed by atoms with E-state index in [0.717, 1.165) is 0 Å². The Morgan fingerprint density at radius 2 is 2.00 bits per heavy atom. The minimum absolute atomic E-state index is 0.0111. The third kappa shape index (κ3) is 2.26. The fourth-order valence-electron chi connectivity index (χ4n) is 1.63. The van der Waals surface area contributed by atoms with E-state index in [4.69, 9.17) is 11.6 Å². The first-order chi connectivity index (χ1) is 9.40. The van der Waals surface area contributed by atoms with Crippen molar-refractivity contribution in [3.05, 3.63) is 17.9 Å². The zero-order valence-corrected chi connectivity index (χ0v) is 10.5. The summed E-state index contributed by atoms with van der Waals surface area (Å²) in [5.74, 6) is -0.256. The van der Waals surface area contributed by atoms with Gasteiger partial charge in [-0.15, -0.1) is 0 Å². The largest absolute Gasteiger partial charge is 0.411 e. The van der Waals surface area contributed by atoms with Crippen LogP contribution in [0.4, 0.5) is 19.1 Å². The molecule has 7 nitrogen and oxygen atoms in total. The molecule has 3 rings (SSSR count). The first-order valence-electron chi connectivity index (χ1n) is 5.51. The van der Waals surface area contributed by atoms with E-state index in [1.54, 1.807) is 0 Å². The SMILES string of the molecule is FC(F)(F)C1(Nc2nc(Cl)nc(-n3cncn3)n2)CC1. The third-order valence-corrected chi connectivity index (χ3v) is 3.03. The summed E-state index contributed by atoms with van der Waals surface area (Å²) in [6, 6.07) is 0. The van der Waals surface area contributed by atoms with Crippen molar-refractivity contribution in [3.63, 3.8) is 0 Å². The normalized spacial score (nSPS) is 17.0. The molecule has 1 aliphatic carbocycles. The molecule has 0 bridgehead atoms. The Hall–Kier alpha value is -1.97. The monoisotopic (exact) mass is 305 g/mol. The topological polar surface area (TPSA) is 81.4 Å². The number of halogens is 4. The smallest absolute Gasteiger partial charge is 0.340 e. The van der Waals surface area contributed by atoms with Crippen LogP contribution in [0.5, 0.6) is 0 Å². The Balaban J connectivity index is 1.92. The van der Waals surface area contributed by atoms with Crippen LogP contribution >= 0.6 is 11.6 Å². The lowest BCUT2D eigenvalue weighted by atomic mass is 10.3. The Labute approximate surface area is 115 Å². The summed E-state index contributed by atoms with van der Waals surface area (Å²) < 4.78 is 39.8. The molecule has 1 N–H and O–H groups in total. The van der Waals surface area contributed by atoms with Gasteiger partial charge in [-0.05, 0) is 24.4 Å². The lowest BCUT2D eigenvalue weighted by Gasteiger charge is -2.20. The number of alkyl halides is 3. The Morgan fingerprint density at radius 1 is 1.25 bits per heavy atom. The molecule has 0 saturated heterocycles. The highest BCUT2D eigenvalue weighted by atomic mass is 35.5. The maximum atomic E-state index is 12.9. The van der Waals surface area contributed by atoms with Gasteiger partial charge in [0.1, 0.15) is 18.2 Å². The molecule has 106 valence electrons. The van der Waals surface area contributed by atoms with E-state index in [0.29, 0.717) is 0 Å². The van der Waals surface area contributed by atoms with Crippen LogP contribution in [0.3, 0.4) is 0 Å². The van der Waals surface area contributed by atoms with Crippen molar-refractivity contribution < 1.29 is 13.2 Å². The van der Waals surface area contributed by atoms with Gasteiger partial charge in [0.15, 0.2) is 0 Å². The van der Waals surface area contributed by atoms with Crippen molar-refractivity contribution in [3.8, 4) is 5.95 Å². The second kappa shape index (κ2) is 4.27. The predicted molar refractivity (Wildman–Crippen MR) is 61.4 cm³/mol. The number of hydrogen-bond acceptors (Lipinski definition) is 6. The molecule has 1 fully saturated rings. The minimum Gasteiger partial charge on any atom is -0.340 e. The van der Waals surface area contributed by atoms with Gasteiger partial charge < -0.3 is 5.32 Å². The van der Waals surface area contributed by atoms with Crippen LogP contribution < -0.4 is 5.32 Å². The summed E-state index contributed by atoms with van der Waals surface area (Å²) in [6.45, 7) is 0. The van der Waals surface area contributed by atoms with Crippen molar-refractivity contribution in [1.82, 2.24) is 29.7 Å². The van der Waals surface area contributed by atoms with E-state index in [-0.39, 0.29) is 30.0 Å². The first-order valence-corrected chi connectivity index (χ1v) is 5.89. The molecule has 0 atom stereocenters. The molecule has 1 saturated carbocycles. The highest BCUT2D eigenvalue weighted by Crippen LogP contribution is 2.50. The zero-order valence-electron chi connectivity index (χ0n) is 9.76. The van der Waals surface area contributed by atoms with Gasteiger partial charge in [0, 0.05) is 0 Å². The van der Waals surface area contributed by atoms with Crippen LogP contribution in [0.25, 0.3) is 5.95 Å². The van der Waals surface area contributed by atoms with Crippen molar-refractivity contribution >= 4 is 17.5 Å². The molecule has 1 aliphatic rings. The minimum atomic E-state index is -4.38. The van der Waals surface area contributed by atoms with E-state index in [1.165, 1.54) is 17.3 Å². The molecular formula is C9H7ClF3N7. The van der Waals surface area contributed by atoms with Gasteiger partial charge in [0.25, 0.3) is 5.95 Å². The predicted octanol–water partition coefficient (Wildman–Crippen LogP) is 1.61. The molecule has 11 heteroatoms. The first kappa shape index (κ1) is 13.0. The Kier molecular flexibility index (Phi) is 2.78. The molecule has 0 unspecified atom stereocenters. The van der Waals surface area contributed by atoms with Gasteiger partial charge in [-0.1, -0.05) is 0 Å². The van der Waals surface area contributed by atoms with Crippen LogP contribution in [-0.4, -0.2) is 41.4 Å². The molecule has 2 heterocycles. The summed E-state index contributed by atoms with van der Waals surface area (Å²) in [4.78, 5) is 15.0. The van der Waals surface area contributed by atoms with Crippen molar-refractivity contribution in [2.75, 3.05) is 5.32 Å². The maximum absolute atomic E-state index is 12.9. The fraction of sp³-hybridized carbons (Fsp3) is 0.444. The summed E-state index contributed by atoms with van der Waals surface area (Å²) in [5, 5.41) is 5.82. The second-order valence-corrected chi connectivity index (χ2v) is 4.61. The van der Waals surface area contributed by atoms with Crippen LogP contribution in [0, 0.1) is 0 Å². The molecule has 2 aromatic rings. The molecule has 0 aromatic carbocycles. The molecule has 2 aromatic heterocycles. The van der Waals surface area contributed by atoms with Crippen LogP contribution in [0.15, 0.2) is 12.7 Å². The number of nitrogens with one attached hydrogen (secondary N) is 1. The van der Waals surface area contributed by atoms with Gasteiger partial charge in [-0.2, -0.15) is 37.9 Å². The number of aromatic nitrogens is 6. The van der Waals surface area contributed by atoms with E-state index < -0.39 is 11.7 Å². The zero-order chi connectivity index (χ0) is 14.4. The number of nitrogens with zero attached hydrogens (tertiary/aromatic N) is 6. The fourth-order valence-corrected chi connectivity index (χ4v) is 1.78. The molecule has 20 heavy (non-hydrogen) atoms. The molecular weight excluding hydrogens is 299 g/mol. The lowest BCUT2D eigenvalue weighted by Crippen LogP contribution is -2.39. The van der Waals surface area contributed by atoms with E-state index in [1.807, 2.05) is 0 Å². The quantitative estimate of drug-likeness (QED) is 0.928.